The Morgan fingerprint density at radius 3 is 2.42 bits per heavy atom. The molecule has 0 saturated carbocycles. The van der Waals surface area contributed by atoms with Crippen molar-refractivity contribution in [1.29, 1.82) is 0 Å². The van der Waals surface area contributed by atoms with Gasteiger partial charge in [0.1, 0.15) is 5.82 Å². The molecular weight excluding hydrogens is 326 g/mol. The lowest BCUT2D eigenvalue weighted by atomic mass is 10.1. The third kappa shape index (κ3) is 5.06. The lowest BCUT2D eigenvalue weighted by Crippen LogP contribution is -2.29. The second-order valence-corrected chi connectivity index (χ2v) is 5.25. The first-order chi connectivity index (χ1) is 11.3. The number of carbonyl (C=O) groups is 1. The zero-order valence-electron chi connectivity index (χ0n) is 12.5. The molecule has 0 radical (unpaired) electrons. The van der Waals surface area contributed by atoms with Crippen LogP contribution in [0.15, 0.2) is 48.5 Å². The Kier molecular flexibility index (Phi) is 5.56. The minimum Gasteiger partial charge on any atom is -0.387 e. The summed E-state index contributed by atoms with van der Waals surface area (Å²) in [5.74, 6) is -0.841. The van der Waals surface area contributed by atoms with Gasteiger partial charge in [-0.25, -0.2) is 4.39 Å². The molecule has 2 aromatic carbocycles. The van der Waals surface area contributed by atoms with Crippen LogP contribution < -0.4 is 5.32 Å². The van der Waals surface area contributed by atoms with E-state index in [1.165, 1.54) is 36.4 Å². The number of hydrogen-bond donors (Lipinski definition) is 2. The Morgan fingerprint density at radius 1 is 1.12 bits per heavy atom. The van der Waals surface area contributed by atoms with Gasteiger partial charge in [-0.15, -0.1) is 0 Å². The molecule has 24 heavy (non-hydrogen) atoms. The molecule has 2 N–H and O–H groups in total. The molecule has 0 aromatic heterocycles. The molecule has 0 saturated heterocycles. The molecule has 3 nitrogen and oxygen atoms in total. The molecule has 2 rings (SSSR count). The maximum atomic E-state index is 12.8. The summed E-state index contributed by atoms with van der Waals surface area (Å²) in [6.45, 7) is -0.221. The van der Waals surface area contributed by atoms with Crippen molar-refractivity contribution >= 4 is 5.91 Å². The molecular formula is C17H15F4NO2. The normalized spacial score (nSPS) is 12.7. The lowest BCUT2D eigenvalue weighted by Gasteiger charge is -2.14. The average Bonchev–Trinajstić information content (AvgIpc) is 2.54. The van der Waals surface area contributed by atoms with Crippen LogP contribution in [0.4, 0.5) is 17.6 Å². The van der Waals surface area contributed by atoms with Gasteiger partial charge in [0.05, 0.1) is 18.1 Å². The van der Waals surface area contributed by atoms with Crippen molar-refractivity contribution < 1.29 is 27.5 Å². The van der Waals surface area contributed by atoms with Gasteiger partial charge < -0.3 is 10.4 Å². The van der Waals surface area contributed by atoms with Crippen molar-refractivity contribution in [2.45, 2.75) is 18.7 Å². The highest BCUT2D eigenvalue weighted by molar-refractivity contribution is 5.78. The van der Waals surface area contributed by atoms with Crippen LogP contribution in [0.25, 0.3) is 0 Å². The first-order valence-corrected chi connectivity index (χ1v) is 7.12. The van der Waals surface area contributed by atoms with Crippen molar-refractivity contribution in [1.82, 2.24) is 5.32 Å². The number of halogens is 4. The Hall–Kier alpha value is -2.41. The van der Waals surface area contributed by atoms with Gasteiger partial charge in [-0.2, -0.15) is 13.2 Å². The standard InChI is InChI=1S/C17H15F4NO2/c18-14-6-4-11(5-7-14)8-16(24)22-10-15(23)12-2-1-3-13(9-12)17(19,20)21/h1-7,9,15,23H,8,10H2,(H,22,24). The third-order valence-electron chi connectivity index (χ3n) is 3.37. The van der Waals surface area contributed by atoms with Gasteiger partial charge in [-0.1, -0.05) is 24.3 Å². The lowest BCUT2D eigenvalue weighted by molar-refractivity contribution is -0.137. The van der Waals surface area contributed by atoms with Crippen LogP contribution in [0.3, 0.4) is 0 Å². The van der Waals surface area contributed by atoms with Gasteiger partial charge in [0, 0.05) is 6.54 Å². The summed E-state index contributed by atoms with van der Waals surface area (Å²) in [6, 6.07) is 9.66. The highest BCUT2D eigenvalue weighted by Gasteiger charge is 2.30. The predicted octanol–water partition coefficient (Wildman–Crippen LogP) is 3.24. The van der Waals surface area contributed by atoms with E-state index in [2.05, 4.69) is 5.32 Å². The van der Waals surface area contributed by atoms with Crippen LogP contribution >= 0.6 is 0 Å². The van der Waals surface area contributed by atoms with E-state index in [4.69, 9.17) is 0 Å². The molecule has 7 heteroatoms. The summed E-state index contributed by atoms with van der Waals surface area (Å²) in [7, 11) is 0. The van der Waals surface area contributed by atoms with E-state index >= 15 is 0 Å². The Labute approximate surface area is 135 Å². The van der Waals surface area contributed by atoms with Gasteiger partial charge in [0.25, 0.3) is 0 Å². The number of hydrogen-bond acceptors (Lipinski definition) is 2. The fourth-order valence-corrected chi connectivity index (χ4v) is 2.10. The van der Waals surface area contributed by atoms with Crippen molar-refractivity contribution in [2.24, 2.45) is 0 Å². The number of carbonyl (C=O) groups excluding carboxylic acids is 1. The van der Waals surface area contributed by atoms with E-state index in [0.717, 1.165) is 12.1 Å². The first kappa shape index (κ1) is 17.9. The van der Waals surface area contributed by atoms with Crippen molar-refractivity contribution in [3.8, 4) is 0 Å². The molecule has 2 aromatic rings. The number of rotatable bonds is 5. The van der Waals surface area contributed by atoms with Crippen molar-refractivity contribution in [2.75, 3.05) is 6.54 Å². The summed E-state index contributed by atoms with van der Waals surface area (Å²) in [5.41, 5.74) is -0.217. The smallest absolute Gasteiger partial charge is 0.387 e. The second-order valence-electron chi connectivity index (χ2n) is 5.25. The SMILES string of the molecule is O=C(Cc1ccc(F)cc1)NCC(O)c1cccc(C(F)(F)F)c1. The number of aliphatic hydroxyl groups excluding tert-OH is 1. The van der Waals surface area contributed by atoms with Crippen LogP contribution in [0.1, 0.15) is 22.8 Å². The van der Waals surface area contributed by atoms with Crippen molar-refractivity contribution in [3.05, 3.63) is 71.0 Å². The van der Waals surface area contributed by atoms with Crippen LogP contribution in [-0.4, -0.2) is 17.6 Å². The molecule has 0 aliphatic heterocycles. The molecule has 0 heterocycles. The molecule has 0 aliphatic rings. The minimum atomic E-state index is -4.50. The van der Waals surface area contributed by atoms with Crippen LogP contribution in [0, 0.1) is 5.82 Å². The summed E-state index contributed by atoms with van der Waals surface area (Å²) in [6.07, 6.45) is -5.78. The van der Waals surface area contributed by atoms with Gasteiger partial charge in [0.15, 0.2) is 0 Å². The number of benzene rings is 2. The molecule has 1 unspecified atom stereocenters. The highest BCUT2D eigenvalue weighted by atomic mass is 19.4. The molecule has 0 bridgehead atoms. The maximum Gasteiger partial charge on any atom is 0.416 e. The summed E-state index contributed by atoms with van der Waals surface area (Å²) < 4.78 is 50.7. The van der Waals surface area contributed by atoms with Gasteiger partial charge in [-0.3, -0.25) is 4.79 Å². The quantitative estimate of drug-likeness (QED) is 0.821. The van der Waals surface area contributed by atoms with Gasteiger partial charge in [0.2, 0.25) is 5.91 Å². The monoisotopic (exact) mass is 341 g/mol. The number of nitrogens with one attached hydrogen (secondary N) is 1. The van der Waals surface area contributed by atoms with E-state index in [-0.39, 0.29) is 18.5 Å². The summed E-state index contributed by atoms with van der Waals surface area (Å²) in [5, 5.41) is 12.4. The third-order valence-corrected chi connectivity index (χ3v) is 3.37. The topological polar surface area (TPSA) is 49.3 Å². The van der Waals surface area contributed by atoms with Crippen LogP contribution in [0.2, 0.25) is 0 Å². The molecule has 0 spiro atoms. The molecule has 1 atom stereocenters. The summed E-state index contributed by atoms with van der Waals surface area (Å²) >= 11 is 0. The van der Waals surface area contributed by atoms with E-state index in [9.17, 15) is 27.5 Å². The van der Waals surface area contributed by atoms with E-state index in [0.29, 0.717) is 5.56 Å². The van der Waals surface area contributed by atoms with Crippen LogP contribution in [-0.2, 0) is 17.4 Å². The fraction of sp³-hybridized carbons (Fsp3) is 0.235. The van der Waals surface area contributed by atoms with Crippen molar-refractivity contribution in [3.63, 3.8) is 0 Å². The molecule has 1 amide bonds. The number of aliphatic hydroxyl groups is 1. The zero-order chi connectivity index (χ0) is 17.7. The predicted molar refractivity (Wildman–Crippen MR) is 79.5 cm³/mol. The van der Waals surface area contributed by atoms with E-state index in [1.54, 1.807) is 0 Å². The Morgan fingerprint density at radius 2 is 1.79 bits per heavy atom. The van der Waals surface area contributed by atoms with Gasteiger partial charge in [-0.05, 0) is 35.4 Å². The second kappa shape index (κ2) is 7.44. The molecule has 128 valence electrons. The van der Waals surface area contributed by atoms with Gasteiger partial charge >= 0.3 is 6.18 Å². The average molecular weight is 341 g/mol. The van der Waals surface area contributed by atoms with E-state index < -0.39 is 29.6 Å². The molecule has 0 aliphatic carbocycles. The largest absolute Gasteiger partial charge is 0.416 e. The first-order valence-electron chi connectivity index (χ1n) is 7.12. The Bertz CT molecular complexity index is 698. The number of alkyl halides is 3. The maximum absolute atomic E-state index is 12.8. The highest BCUT2D eigenvalue weighted by Crippen LogP contribution is 2.30. The van der Waals surface area contributed by atoms with Crippen LogP contribution in [0.5, 0.6) is 0 Å². The summed E-state index contributed by atoms with van der Waals surface area (Å²) in [4.78, 5) is 11.8. The molecule has 0 fully saturated rings. The number of amides is 1. The zero-order valence-corrected chi connectivity index (χ0v) is 12.5. The Balaban J connectivity index is 1.91. The fourth-order valence-electron chi connectivity index (χ4n) is 2.10. The minimum absolute atomic E-state index is 0.0183. The van der Waals surface area contributed by atoms with E-state index in [1.807, 2.05) is 0 Å².